The zero-order valence-electron chi connectivity index (χ0n) is 17.6. The molecule has 1 aromatic heterocycles. The molecule has 1 saturated heterocycles. The lowest BCUT2D eigenvalue weighted by molar-refractivity contribution is -0.129. The second-order valence-corrected chi connectivity index (χ2v) is 8.34. The highest BCUT2D eigenvalue weighted by atomic mass is 16.6. The molecule has 5 rings (SSSR count). The van der Waals surface area contributed by atoms with E-state index < -0.39 is 11.8 Å². The van der Waals surface area contributed by atoms with Gasteiger partial charge in [0.25, 0.3) is 5.91 Å². The van der Waals surface area contributed by atoms with Crippen molar-refractivity contribution in [3.05, 3.63) is 59.2 Å². The van der Waals surface area contributed by atoms with Crippen molar-refractivity contribution in [3.8, 4) is 0 Å². The second-order valence-electron chi connectivity index (χ2n) is 8.34. The van der Waals surface area contributed by atoms with Gasteiger partial charge in [-0.3, -0.25) is 24.5 Å². The van der Waals surface area contributed by atoms with E-state index in [1.807, 2.05) is 24.3 Å². The number of imide groups is 1. The van der Waals surface area contributed by atoms with Gasteiger partial charge in [-0.2, -0.15) is 0 Å². The Kier molecular flexibility index (Phi) is 5.33. The SMILES string of the molecule is O=C(CC1CC(=O)NC1=O)NCC1CN(C(=O)c2cccc3nonc23)Cc2ccccc21. The number of benzene rings is 2. The summed E-state index contributed by atoms with van der Waals surface area (Å²) >= 11 is 0. The topological polar surface area (TPSA) is 134 Å². The molecule has 0 bridgehead atoms. The summed E-state index contributed by atoms with van der Waals surface area (Å²) in [5.74, 6) is -2.02. The van der Waals surface area contributed by atoms with Gasteiger partial charge in [-0.05, 0) is 33.6 Å². The van der Waals surface area contributed by atoms with Crippen molar-refractivity contribution in [3.63, 3.8) is 0 Å². The number of rotatable bonds is 5. The minimum Gasteiger partial charge on any atom is -0.355 e. The van der Waals surface area contributed by atoms with Crippen molar-refractivity contribution in [1.82, 2.24) is 25.8 Å². The molecule has 10 nitrogen and oxygen atoms in total. The van der Waals surface area contributed by atoms with Gasteiger partial charge in [0.15, 0.2) is 0 Å². The molecule has 168 valence electrons. The van der Waals surface area contributed by atoms with Gasteiger partial charge < -0.3 is 10.2 Å². The molecule has 0 aliphatic carbocycles. The van der Waals surface area contributed by atoms with E-state index in [-0.39, 0.29) is 36.5 Å². The molecule has 4 amide bonds. The Balaban J connectivity index is 1.31. The highest BCUT2D eigenvalue weighted by molar-refractivity contribution is 6.05. The van der Waals surface area contributed by atoms with Gasteiger partial charge in [-0.1, -0.05) is 30.3 Å². The van der Waals surface area contributed by atoms with Crippen molar-refractivity contribution in [2.24, 2.45) is 5.92 Å². The van der Waals surface area contributed by atoms with Crippen LogP contribution in [0.1, 0.15) is 40.2 Å². The van der Waals surface area contributed by atoms with Crippen LogP contribution in [-0.2, 0) is 20.9 Å². The fraction of sp³-hybridized carbons (Fsp3) is 0.304. The molecule has 3 aromatic rings. The lowest BCUT2D eigenvalue weighted by Crippen LogP contribution is -2.42. The Hall–Kier alpha value is -4.08. The Morgan fingerprint density at radius 3 is 2.76 bits per heavy atom. The van der Waals surface area contributed by atoms with Crippen LogP contribution in [0.15, 0.2) is 47.1 Å². The molecule has 10 heteroatoms. The van der Waals surface area contributed by atoms with Gasteiger partial charge in [0.05, 0.1) is 11.5 Å². The molecule has 0 saturated carbocycles. The largest absolute Gasteiger partial charge is 0.355 e. The third kappa shape index (κ3) is 4.07. The first kappa shape index (κ1) is 20.8. The molecule has 33 heavy (non-hydrogen) atoms. The summed E-state index contributed by atoms with van der Waals surface area (Å²) in [5, 5.41) is 12.8. The van der Waals surface area contributed by atoms with Gasteiger partial charge in [-0.25, -0.2) is 4.63 Å². The third-order valence-corrected chi connectivity index (χ3v) is 6.14. The van der Waals surface area contributed by atoms with E-state index in [1.165, 1.54) is 0 Å². The number of hydrogen-bond donors (Lipinski definition) is 2. The number of hydrogen-bond acceptors (Lipinski definition) is 7. The zero-order valence-corrected chi connectivity index (χ0v) is 17.6. The Labute approximate surface area is 188 Å². The maximum Gasteiger partial charge on any atom is 0.256 e. The number of amides is 4. The number of carbonyl (C=O) groups is 4. The molecule has 2 N–H and O–H groups in total. The van der Waals surface area contributed by atoms with E-state index in [0.29, 0.717) is 36.2 Å². The Morgan fingerprint density at radius 2 is 1.94 bits per heavy atom. The van der Waals surface area contributed by atoms with Crippen molar-refractivity contribution >= 4 is 34.7 Å². The highest BCUT2D eigenvalue weighted by Gasteiger charge is 2.33. The molecular formula is C23H21N5O5. The second kappa shape index (κ2) is 8.45. The zero-order chi connectivity index (χ0) is 22.9. The number of nitrogens with zero attached hydrogens (tertiary/aromatic N) is 3. The molecule has 2 unspecified atom stereocenters. The maximum absolute atomic E-state index is 13.4. The first-order valence-corrected chi connectivity index (χ1v) is 10.7. The van der Waals surface area contributed by atoms with Crippen LogP contribution in [-0.4, -0.2) is 51.9 Å². The number of carbonyl (C=O) groups excluding carboxylic acids is 4. The average Bonchev–Trinajstić information content (AvgIpc) is 3.42. The molecule has 2 aliphatic heterocycles. The minimum absolute atomic E-state index is 0.0310. The third-order valence-electron chi connectivity index (χ3n) is 6.14. The minimum atomic E-state index is -0.634. The van der Waals surface area contributed by atoms with Gasteiger partial charge in [-0.15, -0.1) is 0 Å². The predicted molar refractivity (Wildman–Crippen MR) is 115 cm³/mol. The average molecular weight is 447 g/mol. The summed E-state index contributed by atoms with van der Waals surface area (Å²) in [5.41, 5.74) is 3.40. The molecule has 0 spiro atoms. The van der Waals surface area contributed by atoms with Crippen molar-refractivity contribution in [1.29, 1.82) is 0 Å². The van der Waals surface area contributed by atoms with Gasteiger partial charge in [0.1, 0.15) is 11.0 Å². The standard InChI is InChI=1S/C23H21N5O5/c29-19(8-14-9-20(30)25-22(14)31)24-10-15-12-28(11-13-4-1-2-5-16(13)15)23(32)17-6-3-7-18-21(17)27-33-26-18/h1-7,14-15H,8-12H2,(H,24,29)(H,25,30,31). The van der Waals surface area contributed by atoms with E-state index >= 15 is 0 Å². The van der Waals surface area contributed by atoms with Crippen LogP contribution in [0.3, 0.4) is 0 Å². The predicted octanol–water partition coefficient (Wildman–Crippen LogP) is 1.13. The number of aromatic nitrogens is 2. The fourth-order valence-electron chi connectivity index (χ4n) is 4.49. The summed E-state index contributed by atoms with van der Waals surface area (Å²) in [6, 6.07) is 13.0. The summed E-state index contributed by atoms with van der Waals surface area (Å²) in [6.45, 7) is 1.14. The lowest BCUT2D eigenvalue weighted by atomic mass is 9.89. The van der Waals surface area contributed by atoms with Crippen molar-refractivity contribution in [2.45, 2.75) is 25.3 Å². The number of nitrogens with one attached hydrogen (secondary N) is 2. The van der Waals surface area contributed by atoms with Crippen molar-refractivity contribution in [2.75, 3.05) is 13.1 Å². The summed E-state index contributed by atoms with van der Waals surface area (Å²) < 4.78 is 4.79. The first-order chi connectivity index (χ1) is 16.0. The summed E-state index contributed by atoms with van der Waals surface area (Å²) in [6.07, 6.45) is -0.0149. The molecular weight excluding hydrogens is 426 g/mol. The Bertz CT molecular complexity index is 1270. The Morgan fingerprint density at radius 1 is 1.09 bits per heavy atom. The van der Waals surface area contributed by atoms with Crippen LogP contribution in [0.2, 0.25) is 0 Å². The maximum atomic E-state index is 13.4. The quantitative estimate of drug-likeness (QED) is 0.560. The number of fused-ring (bicyclic) bond motifs is 2. The van der Waals surface area contributed by atoms with E-state index in [9.17, 15) is 19.2 Å². The fourth-order valence-corrected chi connectivity index (χ4v) is 4.49. The van der Waals surface area contributed by atoms with Gasteiger partial charge in [0, 0.05) is 38.4 Å². The van der Waals surface area contributed by atoms with E-state index in [0.717, 1.165) is 11.1 Å². The first-order valence-electron chi connectivity index (χ1n) is 10.7. The summed E-state index contributed by atoms with van der Waals surface area (Å²) in [4.78, 5) is 50.6. The van der Waals surface area contributed by atoms with Crippen molar-refractivity contribution < 1.29 is 23.8 Å². The van der Waals surface area contributed by atoms with E-state index in [1.54, 1.807) is 23.1 Å². The van der Waals surface area contributed by atoms with Crippen LogP contribution in [0.4, 0.5) is 0 Å². The smallest absolute Gasteiger partial charge is 0.256 e. The summed E-state index contributed by atoms with van der Waals surface area (Å²) in [7, 11) is 0. The highest BCUT2D eigenvalue weighted by Crippen LogP contribution is 2.30. The van der Waals surface area contributed by atoms with Gasteiger partial charge in [0.2, 0.25) is 17.7 Å². The van der Waals surface area contributed by atoms with Crippen LogP contribution < -0.4 is 10.6 Å². The van der Waals surface area contributed by atoms with Crippen LogP contribution >= 0.6 is 0 Å². The van der Waals surface area contributed by atoms with E-state index in [2.05, 4.69) is 20.9 Å². The van der Waals surface area contributed by atoms with Gasteiger partial charge >= 0.3 is 0 Å². The molecule has 1 fully saturated rings. The van der Waals surface area contributed by atoms with Crippen LogP contribution in [0.25, 0.3) is 11.0 Å². The normalized spacial score (nSPS) is 19.9. The molecule has 2 aromatic carbocycles. The van der Waals surface area contributed by atoms with Crippen LogP contribution in [0, 0.1) is 5.92 Å². The van der Waals surface area contributed by atoms with Crippen LogP contribution in [0.5, 0.6) is 0 Å². The monoisotopic (exact) mass is 447 g/mol. The van der Waals surface area contributed by atoms with E-state index in [4.69, 9.17) is 4.63 Å². The molecule has 0 radical (unpaired) electrons. The molecule has 2 atom stereocenters. The molecule has 3 heterocycles. The lowest BCUT2D eigenvalue weighted by Gasteiger charge is -2.35. The molecule has 2 aliphatic rings.